The summed E-state index contributed by atoms with van der Waals surface area (Å²) >= 11 is 3.27. The van der Waals surface area contributed by atoms with Crippen LogP contribution >= 0.6 is 15.9 Å². The minimum absolute atomic E-state index is 0.166. The van der Waals surface area contributed by atoms with Crippen LogP contribution < -0.4 is 0 Å². The zero-order valence-electron chi connectivity index (χ0n) is 9.77. The van der Waals surface area contributed by atoms with Crippen molar-refractivity contribution in [3.05, 3.63) is 28.0 Å². The predicted octanol–water partition coefficient (Wildman–Crippen LogP) is 2.34. The van der Waals surface area contributed by atoms with E-state index in [1.54, 1.807) is 13.0 Å². The van der Waals surface area contributed by atoms with Gasteiger partial charge in [0.1, 0.15) is 11.3 Å². The third-order valence-electron chi connectivity index (χ3n) is 2.63. The monoisotopic (exact) mass is 312 g/mol. The number of nitrogens with one attached hydrogen (secondary N) is 1. The van der Waals surface area contributed by atoms with Crippen LogP contribution in [0.25, 0.3) is 11.0 Å². The van der Waals surface area contributed by atoms with Crippen molar-refractivity contribution in [2.75, 3.05) is 0 Å². The van der Waals surface area contributed by atoms with Crippen LogP contribution in [0.2, 0.25) is 0 Å². The Kier molecular flexibility index (Phi) is 3.68. The van der Waals surface area contributed by atoms with E-state index >= 15 is 0 Å². The molecule has 0 amide bonds. The average molecular weight is 313 g/mol. The van der Waals surface area contributed by atoms with Crippen LogP contribution in [0.3, 0.4) is 0 Å². The molecule has 0 spiro atoms. The van der Waals surface area contributed by atoms with E-state index in [4.69, 9.17) is 5.11 Å². The number of hydrogen-bond acceptors (Lipinski definition) is 3. The Balaban J connectivity index is 2.43. The molecule has 0 radical (unpaired) electrons. The number of nitrogens with zero attached hydrogens (tertiary/aromatic N) is 1. The predicted molar refractivity (Wildman–Crippen MR) is 70.8 cm³/mol. The van der Waals surface area contributed by atoms with Gasteiger partial charge in [-0.2, -0.15) is 0 Å². The summed E-state index contributed by atoms with van der Waals surface area (Å²) < 4.78 is 0.693. The standard InChI is InChI=1S/C12H13BrN2O3/c1-6(16)2-3-10-14-9-5-7(13)4-8(12(17)18)11(9)15-10/h4-6,16H,2-3H2,1H3,(H,14,15)(H,17,18). The molecule has 0 fully saturated rings. The normalized spacial score (nSPS) is 12.8. The van der Waals surface area contributed by atoms with Gasteiger partial charge in [-0.3, -0.25) is 0 Å². The highest BCUT2D eigenvalue weighted by Gasteiger charge is 2.14. The van der Waals surface area contributed by atoms with Gasteiger partial charge in [-0.25, -0.2) is 9.78 Å². The zero-order valence-corrected chi connectivity index (χ0v) is 11.4. The van der Waals surface area contributed by atoms with Crippen LogP contribution in [-0.2, 0) is 6.42 Å². The number of carbonyl (C=O) groups is 1. The summed E-state index contributed by atoms with van der Waals surface area (Å²) in [6.45, 7) is 1.71. The zero-order chi connectivity index (χ0) is 13.3. The lowest BCUT2D eigenvalue weighted by Crippen LogP contribution is -2.02. The molecule has 1 heterocycles. The topological polar surface area (TPSA) is 86.2 Å². The number of aromatic carboxylic acids is 1. The number of aromatic amines is 1. The molecule has 1 aromatic heterocycles. The number of hydrogen-bond donors (Lipinski definition) is 3. The molecule has 18 heavy (non-hydrogen) atoms. The lowest BCUT2D eigenvalue weighted by atomic mass is 10.2. The van der Waals surface area contributed by atoms with Crippen LogP contribution in [0.1, 0.15) is 29.5 Å². The smallest absolute Gasteiger partial charge is 0.338 e. The molecule has 96 valence electrons. The van der Waals surface area contributed by atoms with Gasteiger partial charge in [-0.05, 0) is 25.5 Å². The van der Waals surface area contributed by atoms with Gasteiger partial charge < -0.3 is 15.2 Å². The van der Waals surface area contributed by atoms with Crippen LogP contribution in [-0.4, -0.2) is 32.3 Å². The van der Waals surface area contributed by atoms with E-state index in [0.717, 1.165) is 0 Å². The van der Waals surface area contributed by atoms with Crippen LogP contribution in [0.15, 0.2) is 16.6 Å². The molecule has 2 aromatic rings. The number of aliphatic hydroxyl groups is 1. The van der Waals surface area contributed by atoms with Gasteiger partial charge in [-0.15, -0.1) is 0 Å². The van der Waals surface area contributed by atoms with Crippen molar-refractivity contribution in [1.29, 1.82) is 0 Å². The molecule has 0 aliphatic rings. The first-order valence-corrected chi connectivity index (χ1v) is 6.36. The third kappa shape index (κ3) is 2.70. The van der Waals surface area contributed by atoms with Crippen LogP contribution in [0.4, 0.5) is 0 Å². The number of aliphatic hydroxyl groups excluding tert-OH is 1. The first-order valence-electron chi connectivity index (χ1n) is 5.57. The van der Waals surface area contributed by atoms with Gasteiger partial charge in [0.15, 0.2) is 0 Å². The molecular formula is C12H13BrN2O3. The molecule has 2 rings (SSSR count). The van der Waals surface area contributed by atoms with Crippen molar-refractivity contribution in [3.63, 3.8) is 0 Å². The molecule has 0 aliphatic heterocycles. The maximum Gasteiger partial charge on any atom is 0.338 e. The van der Waals surface area contributed by atoms with Crippen molar-refractivity contribution in [2.24, 2.45) is 0 Å². The molecular weight excluding hydrogens is 300 g/mol. The fraction of sp³-hybridized carbons (Fsp3) is 0.333. The van der Waals surface area contributed by atoms with Crippen molar-refractivity contribution in [1.82, 2.24) is 9.97 Å². The fourth-order valence-electron chi connectivity index (χ4n) is 1.76. The molecule has 0 aliphatic carbocycles. The first-order chi connectivity index (χ1) is 8.47. The van der Waals surface area contributed by atoms with Crippen molar-refractivity contribution in [3.8, 4) is 0 Å². The number of rotatable bonds is 4. The van der Waals surface area contributed by atoms with Gasteiger partial charge in [-0.1, -0.05) is 15.9 Å². The Hall–Kier alpha value is -1.40. The summed E-state index contributed by atoms with van der Waals surface area (Å²) in [5.41, 5.74) is 1.30. The van der Waals surface area contributed by atoms with Gasteiger partial charge in [0, 0.05) is 10.9 Å². The second kappa shape index (κ2) is 5.07. The highest BCUT2D eigenvalue weighted by atomic mass is 79.9. The Bertz CT molecular complexity index is 592. The number of fused-ring (bicyclic) bond motifs is 1. The molecule has 1 aromatic carbocycles. The van der Waals surface area contributed by atoms with E-state index in [1.165, 1.54) is 6.07 Å². The van der Waals surface area contributed by atoms with E-state index in [1.807, 2.05) is 0 Å². The molecule has 0 bridgehead atoms. The number of aromatic nitrogens is 2. The molecule has 6 heteroatoms. The second-order valence-electron chi connectivity index (χ2n) is 4.23. The maximum absolute atomic E-state index is 11.1. The quantitative estimate of drug-likeness (QED) is 0.808. The number of carboxylic acids is 1. The number of H-pyrrole nitrogens is 1. The summed E-state index contributed by atoms with van der Waals surface area (Å²) in [7, 11) is 0. The number of benzene rings is 1. The number of aryl methyl sites for hydroxylation is 1. The van der Waals surface area contributed by atoms with E-state index in [-0.39, 0.29) is 5.56 Å². The van der Waals surface area contributed by atoms with Crippen molar-refractivity contribution >= 4 is 32.9 Å². The SMILES string of the molecule is CC(O)CCc1nc2c(C(=O)O)cc(Br)cc2[nH]1. The minimum atomic E-state index is -1.00. The van der Waals surface area contributed by atoms with E-state index in [2.05, 4.69) is 25.9 Å². The number of carboxylic acid groups (broad SMARTS) is 1. The van der Waals surface area contributed by atoms with Gasteiger partial charge >= 0.3 is 5.97 Å². The molecule has 1 unspecified atom stereocenters. The third-order valence-corrected chi connectivity index (χ3v) is 3.09. The lowest BCUT2D eigenvalue weighted by Gasteiger charge is -1.99. The second-order valence-corrected chi connectivity index (χ2v) is 5.14. The average Bonchev–Trinajstić information content (AvgIpc) is 2.67. The molecule has 1 atom stereocenters. The van der Waals surface area contributed by atoms with Gasteiger partial charge in [0.2, 0.25) is 0 Å². The van der Waals surface area contributed by atoms with Crippen molar-refractivity contribution in [2.45, 2.75) is 25.9 Å². The largest absolute Gasteiger partial charge is 0.478 e. The highest BCUT2D eigenvalue weighted by Crippen LogP contribution is 2.23. The van der Waals surface area contributed by atoms with E-state index < -0.39 is 12.1 Å². The van der Waals surface area contributed by atoms with Crippen molar-refractivity contribution < 1.29 is 15.0 Å². The number of imidazole rings is 1. The Labute approximate surface area is 112 Å². The Morgan fingerprint density at radius 1 is 1.56 bits per heavy atom. The lowest BCUT2D eigenvalue weighted by molar-refractivity contribution is 0.0698. The molecule has 5 nitrogen and oxygen atoms in total. The summed E-state index contributed by atoms with van der Waals surface area (Å²) in [6.07, 6.45) is 0.774. The van der Waals surface area contributed by atoms with E-state index in [9.17, 15) is 9.90 Å². The van der Waals surface area contributed by atoms with Crippen LogP contribution in [0.5, 0.6) is 0 Å². The van der Waals surface area contributed by atoms with Gasteiger partial charge in [0.05, 0.1) is 17.2 Å². The summed E-state index contributed by atoms with van der Waals surface area (Å²) in [5, 5.41) is 18.4. The minimum Gasteiger partial charge on any atom is -0.478 e. The fourth-order valence-corrected chi connectivity index (χ4v) is 2.22. The molecule has 3 N–H and O–H groups in total. The van der Waals surface area contributed by atoms with Gasteiger partial charge in [0.25, 0.3) is 0 Å². The first kappa shape index (κ1) is 13.0. The summed E-state index contributed by atoms with van der Waals surface area (Å²) in [6, 6.07) is 3.32. The Morgan fingerprint density at radius 2 is 2.28 bits per heavy atom. The van der Waals surface area contributed by atoms with Crippen LogP contribution in [0, 0.1) is 0 Å². The Morgan fingerprint density at radius 3 is 2.89 bits per heavy atom. The highest BCUT2D eigenvalue weighted by molar-refractivity contribution is 9.10. The maximum atomic E-state index is 11.1. The molecule has 0 saturated heterocycles. The summed E-state index contributed by atoms with van der Waals surface area (Å²) in [5.74, 6) is -0.318. The summed E-state index contributed by atoms with van der Waals surface area (Å²) in [4.78, 5) is 18.5. The molecule has 0 saturated carbocycles. The number of halogens is 1. The van der Waals surface area contributed by atoms with E-state index in [0.29, 0.717) is 34.2 Å².